The van der Waals surface area contributed by atoms with Crippen LogP contribution in [0.1, 0.15) is 5.56 Å². The molecular formula is C9H10INO3. The minimum absolute atomic E-state index is 0.169. The van der Waals surface area contributed by atoms with Gasteiger partial charge in [-0.3, -0.25) is 4.79 Å². The van der Waals surface area contributed by atoms with Crippen LogP contribution in [0, 0.1) is 3.57 Å². The average Bonchev–Trinajstić information content (AvgIpc) is 2.09. The van der Waals surface area contributed by atoms with Crippen LogP contribution >= 0.6 is 22.6 Å². The molecule has 4 N–H and O–H groups in total. The van der Waals surface area contributed by atoms with Crippen LogP contribution in [0.5, 0.6) is 5.75 Å². The van der Waals surface area contributed by atoms with Gasteiger partial charge in [0.15, 0.2) is 0 Å². The molecular weight excluding hydrogens is 295 g/mol. The van der Waals surface area contributed by atoms with Gasteiger partial charge < -0.3 is 15.9 Å². The van der Waals surface area contributed by atoms with E-state index in [0.717, 1.165) is 9.13 Å². The lowest BCUT2D eigenvalue weighted by Crippen LogP contribution is -2.32. The Hall–Kier alpha value is -0.820. The number of hydrogen-bond donors (Lipinski definition) is 3. The maximum atomic E-state index is 10.5. The third-order valence-electron chi connectivity index (χ3n) is 1.79. The monoisotopic (exact) mass is 305 g/mol. The van der Waals surface area contributed by atoms with E-state index in [1.165, 1.54) is 6.07 Å². The molecule has 0 aliphatic rings. The highest BCUT2D eigenvalue weighted by molar-refractivity contribution is 14.1. The van der Waals surface area contributed by atoms with Crippen LogP contribution in [-0.2, 0) is 11.2 Å². The molecule has 0 spiro atoms. The Balaban J connectivity index is 2.82. The maximum Gasteiger partial charge on any atom is 0.320 e. The Kier molecular flexibility index (Phi) is 3.70. The van der Waals surface area contributed by atoms with Crippen molar-refractivity contribution in [1.82, 2.24) is 0 Å². The van der Waals surface area contributed by atoms with Gasteiger partial charge in [-0.1, -0.05) is 6.07 Å². The highest BCUT2D eigenvalue weighted by Crippen LogP contribution is 2.19. The average molecular weight is 305 g/mol. The molecule has 0 fully saturated rings. The van der Waals surface area contributed by atoms with E-state index in [1.807, 2.05) is 22.6 Å². The Bertz CT molecular complexity index is 354. The molecule has 1 rings (SSSR count). The van der Waals surface area contributed by atoms with E-state index in [9.17, 15) is 4.79 Å². The van der Waals surface area contributed by atoms with E-state index in [4.69, 9.17) is 15.9 Å². The van der Waals surface area contributed by atoms with Gasteiger partial charge in [0.25, 0.3) is 0 Å². The summed E-state index contributed by atoms with van der Waals surface area (Å²) >= 11 is 2.03. The van der Waals surface area contributed by atoms with Crippen molar-refractivity contribution in [1.29, 1.82) is 0 Å². The molecule has 0 saturated heterocycles. The first kappa shape index (κ1) is 11.3. The first-order valence-electron chi connectivity index (χ1n) is 3.96. The Labute approximate surface area is 94.9 Å². The number of benzene rings is 1. The third kappa shape index (κ3) is 2.85. The molecule has 0 amide bonds. The maximum absolute atomic E-state index is 10.5. The normalized spacial score (nSPS) is 12.4. The predicted octanol–water partition coefficient (Wildman–Crippen LogP) is 0.951. The van der Waals surface area contributed by atoms with Crippen molar-refractivity contribution in [2.24, 2.45) is 5.73 Å². The number of carboxylic acid groups (broad SMARTS) is 1. The topological polar surface area (TPSA) is 83.5 Å². The standard InChI is InChI=1S/C9H10INO3/c10-7-4-6(12)2-1-5(7)3-8(11)9(13)14/h1-2,4,8,12H,3,11H2,(H,13,14)/t8-/m1/s1/i10-2. The van der Waals surface area contributed by atoms with Gasteiger partial charge in [0.1, 0.15) is 11.8 Å². The Morgan fingerprint density at radius 3 is 2.71 bits per heavy atom. The van der Waals surface area contributed by atoms with Gasteiger partial charge in [0.2, 0.25) is 0 Å². The van der Waals surface area contributed by atoms with Crippen molar-refractivity contribution in [3.05, 3.63) is 27.3 Å². The van der Waals surface area contributed by atoms with Crippen LogP contribution in [0.4, 0.5) is 0 Å². The van der Waals surface area contributed by atoms with Gasteiger partial charge >= 0.3 is 5.97 Å². The van der Waals surface area contributed by atoms with E-state index in [1.54, 1.807) is 12.1 Å². The van der Waals surface area contributed by atoms with Crippen LogP contribution in [-0.4, -0.2) is 22.2 Å². The predicted molar refractivity (Wildman–Crippen MR) is 60.1 cm³/mol. The first-order chi connectivity index (χ1) is 6.50. The summed E-state index contributed by atoms with van der Waals surface area (Å²) in [6, 6.07) is 3.88. The summed E-state index contributed by atoms with van der Waals surface area (Å²) in [5.41, 5.74) is 6.22. The van der Waals surface area contributed by atoms with Gasteiger partial charge in [0.05, 0.1) is 0 Å². The quantitative estimate of drug-likeness (QED) is 0.726. The largest absolute Gasteiger partial charge is 0.508 e. The van der Waals surface area contributed by atoms with Crippen molar-refractivity contribution in [2.75, 3.05) is 0 Å². The molecule has 0 aliphatic heterocycles. The van der Waals surface area contributed by atoms with E-state index in [-0.39, 0.29) is 12.2 Å². The molecule has 1 aromatic rings. The van der Waals surface area contributed by atoms with E-state index in [0.29, 0.717) is 0 Å². The summed E-state index contributed by atoms with van der Waals surface area (Å²) in [5, 5.41) is 17.7. The van der Waals surface area contributed by atoms with Gasteiger partial charge in [-0.15, -0.1) is 0 Å². The Morgan fingerprint density at radius 1 is 1.57 bits per heavy atom. The number of halogens is 1. The minimum atomic E-state index is -1.02. The summed E-state index contributed by atoms with van der Waals surface area (Å²) in [5.74, 6) is -0.851. The molecule has 4 nitrogen and oxygen atoms in total. The number of carboxylic acids is 1. The third-order valence-corrected chi connectivity index (χ3v) is 2.80. The number of phenols is 1. The van der Waals surface area contributed by atoms with Crippen molar-refractivity contribution < 1.29 is 15.0 Å². The number of rotatable bonds is 3. The van der Waals surface area contributed by atoms with E-state index in [2.05, 4.69) is 0 Å². The molecule has 76 valence electrons. The molecule has 1 atom stereocenters. The number of hydrogen-bond acceptors (Lipinski definition) is 3. The molecule has 14 heavy (non-hydrogen) atoms. The second-order valence-electron chi connectivity index (χ2n) is 2.92. The molecule has 0 bridgehead atoms. The van der Waals surface area contributed by atoms with E-state index < -0.39 is 12.0 Å². The molecule has 0 saturated carbocycles. The molecule has 0 aliphatic carbocycles. The lowest BCUT2D eigenvalue weighted by molar-refractivity contribution is -0.138. The number of aliphatic carboxylic acids is 1. The van der Waals surface area contributed by atoms with Crippen molar-refractivity contribution >= 4 is 28.6 Å². The van der Waals surface area contributed by atoms with Crippen LogP contribution < -0.4 is 5.73 Å². The fourth-order valence-electron chi connectivity index (χ4n) is 1.03. The van der Waals surface area contributed by atoms with Crippen molar-refractivity contribution in [2.45, 2.75) is 12.5 Å². The highest BCUT2D eigenvalue weighted by atomic mass is 125. The van der Waals surface area contributed by atoms with Crippen LogP contribution in [0.25, 0.3) is 0 Å². The van der Waals surface area contributed by atoms with Gasteiger partial charge in [-0.05, 0) is 46.7 Å². The Morgan fingerprint density at radius 2 is 2.21 bits per heavy atom. The van der Waals surface area contributed by atoms with Gasteiger partial charge in [-0.25, -0.2) is 0 Å². The zero-order valence-corrected chi connectivity index (χ0v) is 9.43. The smallest absolute Gasteiger partial charge is 0.320 e. The lowest BCUT2D eigenvalue weighted by Gasteiger charge is -2.08. The zero-order valence-electron chi connectivity index (χ0n) is 7.27. The number of aromatic hydroxyl groups is 1. The lowest BCUT2D eigenvalue weighted by atomic mass is 10.1. The summed E-state index contributed by atoms with van der Waals surface area (Å²) in [6.45, 7) is 0. The van der Waals surface area contributed by atoms with Crippen molar-refractivity contribution in [3.63, 3.8) is 0 Å². The second-order valence-corrected chi connectivity index (χ2v) is 4.09. The van der Waals surface area contributed by atoms with Crippen molar-refractivity contribution in [3.8, 4) is 5.75 Å². The molecule has 0 heterocycles. The highest BCUT2D eigenvalue weighted by Gasteiger charge is 2.13. The van der Waals surface area contributed by atoms with Crippen LogP contribution in [0.2, 0.25) is 0 Å². The number of carbonyl (C=O) groups is 1. The molecule has 1 aromatic carbocycles. The van der Waals surface area contributed by atoms with Crippen LogP contribution in [0.3, 0.4) is 0 Å². The first-order valence-corrected chi connectivity index (χ1v) is 5.04. The van der Waals surface area contributed by atoms with Gasteiger partial charge in [0, 0.05) is 3.57 Å². The number of phenolic OH excluding ortho intramolecular Hbond substituents is 1. The summed E-state index contributed by atoms with van der Waals surface area (Å²) in [7, 11) is 0. The van der Waals surface area contributed by atoms with Gasteiger partial charge in [-0.2, -0.15) is 0 Å². The minimum Gasteiger partial charge on any atom is -0.508 e. The molecule has 0 radical (unpaired) electrons. The van der Waals surface area contributed by atoms with Crippen LogP contribution in [0.15, 0.2) is 18.2 Å². The molecule has 0 aromatic heterocycles. The fourth-order valence-corrected chi connectivity index (χ4v) is 1.75. The number of nitrogens with two attached hydrogens (primary N) is 1. The molecule has 0 unspecified atom stereocenters. The fraction of sp³-hybridized carbons (Fsp3) is 0.222. The zero-order chi connectivity index (χ0) is 10.7. The summed E-state index contributed by atoms with van der Waals surface area (Å²) < 4.78 is 0.819. The SMILES string of the molecule is N[C@H](Cc1ccc(O)cc1[125I])C(=O)O. The second kappa shape index (κ2) is 4.61. The van der Waals surface area contributed by atoms with E-state index >= 15 is 0 Å². The molecule has 5 heteroatoms. The summed E-state index contributed by atoms with van der Waals surface area (Å²) in [6.07, 6.45) is 0.272. The summed E-state index contributed by atoms with van der Waals surface area (Å²) in [4.78, 5) is 10.5.